The van der Waals surface area contributed by atoms with Crippen molar-refractivity contribution in [2.45, 2.75) is 25.7 Å². The minimum absolute atomic E-state index is 0.0209. The Morgan fingerprint density at radius 2 is 0.870 bits per heavy atom. The number of halogens is 3. The zero-order valence-electron chi connectivity index (χ0n) is 51.2. The third kappa shape index (κ3) is 16.0. The highest BCUT2D eigenvalue weighted by molar-refractivity contribution is 7.92. The molecule has 3 aromatic carbocycles. The Balaban J connectivity index is 0.000000216. The first-order valence-corrected chi connectivity index (χ1v) is 32.8. The van der Waals surface area contributed by atoms with Crippen LogP contribution in [-0.2, 0) is 42.9 Å². The molecule has 0 bridgehead atoms. The second kappa shape index (κ2) is 30.1. The second-order valence-electron chi connectivity index (χ2n) is 19.8. The van der Waals surface area contributed by atoms with Crippen LogP contribution in [0.3, 0.4) is 0 Å². The van der Waals surface area contributed by atoms with Crippen LogP contribution >= 0.6 is 0 Å². The first-order chi connectivity index (χ1) is 43.5. The zero-order chi connectivity index (χ0) is 68.2. The largest absolute Gasteiger partial charge is 0.437 e. The van der Waals surface area contributed by atoms with E-state index >= 15 is 0 Å². The fourth-order valence-corrected chi connectivity index (χ4v) is 10.4. The summed E-state index contributed by atoms with van der Waals surface area (Å²) < 4.78 is 133. The van der Waals surface area contributed by atoms with Crippen LogP contribution in [0.2, 0.25) is 0 Å². The minimum Gasteiger partial charge on any atom is -0.437 e. The summed E-state index contributed by atoms with van der Waals surface area (Å²) in [6.45, 7) is 0.411. The van der Waals surface area contributed by atoms with Crippen LogP contribution < -0.4 is 34.6 Å². The first-order valence-electron chi connectivity index (χ1n) is 27.3. The summed E-state index contributed by atoms with van der Waals surface area (Å²) in [6, 6.07) is 25.0. The lowest BCUT2D eigenvalue weighted by atomic mass is 10.0. The second-order valence-corrected chi connectivity index (χ2v) is 25.8. The first kappa shape index (κ1) is 70.9. The number of benzene rings is 3. The summed E-state index contributed by atoms with van der Waals surface area (Å²) >= 11 is 0. The number of nitrogens with zero attached hydrogens (tertiary/aromatic N) is 8. The molecule has 0 unspecified atom stereocenters. The fourth-order valence-electron chi connectivity index (χ4n) is 8.98. The molecule has 9 rings (SSSR count). The van der Waals surface area contributed by atoms with Crippen LogP contribution in [0.5, 0.6) is 0 Å². The van der Waals surface area contributed by atoms with E-state index in [9.17, 15) is 52.8 Å². The molecule has 0 spiro atoms. The van der Waals surface area contributed by atoms with E-state index in [0.29, 0.717) is 68.9 Å². The number of hydrogen-bond acceptors (Lipinski definition) is 19. The standard InChI is InChI=1S/C20H23FN4O4S.C20H19FN4O4S.C20H17FN4O4S.CH4O/c3*1-23-19(26)16-15-11-13(5-4-10-22)18(25(2)30(3,27)28)24-20(15)29-17(16)12-6-8-14(21)9-7-12;1-2/h6-9,11H,4-5,10,22H2,1-3H3,(H,23,26);6-9,11H,4-5H2,1-3H3,(H,23,26);4-9,11H,1-3H3,(H,23,26);2H,1H3/b;;5-4+;. The quantitative estimate of drug-likeness (QED) is 0.0514. The Bertz CT molecular complexity index is 4700. The Morgan fingerprint density at radius 3 is 1.17 bits per heavy atom. The molecule has 0 aliphatic rings. The molecule has 9 aromatic rings. The monoisotopic (exact) mass is 1320 g/mol. The van der Waals surface area contributed by atoms with E-state index in [1.54, 1.807) is 12.1 Å². The van der Waals surface area contributed by atoms with Gasteiger partial charge < -0.3 is 40.0 Å². The molecule has 484 valence electrons. The summed E-state index contributed by atoms with van der Waals surface area (Å²) in [6.07, 6.45) is 7.13. The molecule has 6 N–H and O–H groups in total. The van der Waals surface area contributed by atoms with Gasteiger partial charge in [-0.3, -0.25) is 27.3 Å². The van der Waals surface area contributed by atoms with Gasteiger partial charge in [0.15, 0.2) is 5.82 Å². The number of nitriles is 2. The van der Waals surface area contributed by atoms with Crippen molar-refractivity contribution < 1.29 is 71.2 Å². The van der Waals surface area contributed by atoms with E-state index in [2.05, 4.69) is 30.9 Å². The Morgan fingerprint density at radius 1 is 0.554 bits per heavy atom. The molecule has 0 aliphatic heterocycles. The van der Waals surface area contributed by atoms with Gasteiger partial charge in [-0.25, -0.2) is 38.4 Å². The summed E-state index contributed by atoms with van der Waals surface area (Å²) in [5, 5.41) is 33.6. The molecule has 31 heteroatoms. The number of aryl methyl sites for hydroxylation is 2. The highest BCUT2D eigenvalue weighted by Gasteiger charge is 2.30. The zero-order valence-corrected chi connectivity index (χ0v) is 53.7. The number of nitrogens with two attached hydrogens (primary N) is 1. The third-order valence-corrected chi connectivity index (χ3v) is 17.2. The van der Waals surface area contributed by atoms with Crippen molar-refractivity contribution in [3.8, 4) is 46.1 Å². The number of fused-ring (bicyclic) bond motifs is 3. The number of amides is 3. The molecule has 0 saturated carbocycles. The number of sulfonamides is 3. The van der Waals surface area contributed by atoms with Gasteiger partial charge in [-0.15, -0.1) is 0 Å². The lowest BCUT2D eigenvalue weighted by Crippen LogP contribution is -2.27. The summed E-state index contributed by atoms with van der Waals surface area (Å²) in [5.74, 6) is -1.70. The lowest BCUT2D eigenvalue weighted by molar-refractivity contribution is 0.0956. The molecular formula is C61H63F3N12O13S3. The van der Waals surface area contributed by atoms with Gasteiger partial charge in [0.1, 0.15) is 46.4 Å². The molecule has 0 aliphatic carbocycles. The van der Waals surface area contributed by atoms with Crippen molar-refractivity contribution in [1.82, 2.24) is 30.9 Å². The smallest absolute Gasteiger partial charge is 0.255 e. The average molecular weight is 1330 g/mol. The molecule has 25 nitrogen and oxygen atoms in total. The van der Waals surface area contributed by atoms with E-state index in [-0.39, 0.29) is 81.4 Å². The molecule has 0 saturated heterocycles. The number of anilines is 3. The number of aromatic nitrogens is 3. The maximum absolute atomic E-state index is 13.4. The topological polar surface area (TPSA) is 371 Å². The number of aliphatic hydroxyl groups is 1. The van der Waals surface area contributed by atoms with Gasteiger partial charge in [0.2, 0.25) is 47.2 Å². The maximum Gasteiger partial charge on any atom is 0.255 e. The number of nitrogens with one attached hydrogen (secondary N) is 3. The van der Waals surface area contributed by atoms with Crippen molar-refractivity contribution >= 4 is 105 Å². The van der Waals surface area contributed by atoms with Crippen molar-refractivity contribution in [3.05, 3.63) is 148 Å². The van der Waals surface area contributed by atoms with Gasteiger partial charge in [-0.1, -0.05) is 0 Å². The van der Waals surface area contributed by atoms with Gasteiger partial charge in [-0.05, 0) is 134 Å². The Kier molecular flexibility index (Phi) is 23.2. The van der Waals surface area contributed by atoms with Crippen LogP contribution in [0.15, 0.2) is 110 Å². The summed E-state index contributed by atoms with van der Waals surface area (Å²) in [5.41, 5.74) is 9.21. The molecule has 0 atom stereocenters. The van der Waals surface area contributed by atoms with Crippen LogP contribution in [0.4, 0.5) is 30.6 Å². The fraction of sp³-hybridized carbons (Fsp3) is 0.246. The van der Waals surface area contributed by atoms with Gasteiger partial charge in [0, 0.05) is 84.1 Å². The normalized spacial score (nSPS) is 11.3. The highest BCUT2D eigenvalue weighted by Crippen LogP contribution is 2.40. The number of allylic oxidation sites excluding steroid dienone is 1. The molecular weight excluding hydrogens is 1260 g/mol. The highest BCUT2D eigenvalue weighted by atomic mass is 32.2. The van der Waals surface area contributed by atoms with Crippen LogP contribution in [-0.4, -0.2) is 138 Å². The van der Waals surface area contributed by atoms with Crippen molar-refractivity contribution in [2.75, 3.05) is 87.6 Å². The van der Waals surface area contributed by atoms with Crippen LogP contribution in [0, 0.1) is 40.1 Å². The molecule has 0 radical (unpaired) electrons. The molecule has 3 amide bonds. The van der Waals surface area contributed by atoms with Crippen molar-refractivity contribution in [2.24, 2.45) is 5.73 Å². The van der Waals surface area contributed by atoms with E-state index in [4.69, 9.17) is 34.6 Å². The summed E-state index contributed by atoms with van der Waals surface area (Å²) in [4.78, 5) is 51.0. The minimum atomic E-state index is -3.66. The number of pyridine rings is 3. The molecule has 6 aromatic heterocycles. The average Bonchev–Trinajstić information content (AvgIpc) is 1.62. The number of furan rings is 3. The van der Waals surface area contributed by atoms with Gasteiger partial charge in [-0.2, -0.15) is 25.5 Å². The molecule has 0 fully saturated rings. The molecule has 92 heavy (non-hydrogen) atoms. The van der Waals surface area contributed by atoms with Gasteiger partial charge in [0.05, 0.1) is 63.8 Å². The number of carbonyl (C=O) groups is 3. The predicted molar refractivity (Wildman–Crippen MR) is 342 cm³/mol. The summed E-state index contributed by atoms with van der Waals surface area (Å²) in [7, 11) is -1.39. The van der Waals surface area contributed by atoms with Crippen LogP contribution in [0.25, 0.3) is 73.3 Å². The third-order valence-electron chi connectivity index (χ3n) is 13.7. The lowest BCUT2D eigenvalue weighted by Gasteiger charge is -2.19. The Hall–Kier alpha value is -10.2. The van der Waals surface area contributed by atoms with Crippen molar-refractivity contribution in [3.63, 3.8) is 0 Å². The van der Waals surface area contributed by atoms with E-state index in [1.165, 1.54) is 133 Å². The van der Waals surface area contributed by atoms with Crippen LogP contribution in [0.1, 0.15) is 60.6 Å². The SMILES string of the molecule is CNC(=O)c1c(-c2ccc(F)cc2)oc2nc(N(C)S(C)(=O)=O)c(/C=C/C#N)cc12.CNC(=O)c1c(-c2ccc(F)cc2)oc2nc(N(C)S(C)(=O)=O)c(CCC#N)cc12.CNC(=O)c1c(-c2ccc(F)cc2)oc2nc(N(C)S(C)(=O)=O)c(CCCN)cc12.CO. The van der Waals surface area contributed by atoms with E-state index in [1.807, 2.05) is 12.1 Å². The Labute approximate surface area is 527 Å². The number of carbonyl (C=O) groups excluding carboxylic acids is 3. The number of rotatable bonds is 18. The van der Waals surface area contributed by atoms with Gasteiger partial charge >= 0.3 is 0 Å². The number of hydrogen-bond donors (Lipinski definition) is 5. The maximum atomic E-state index is 13.4. The van der Waals surface area contributed by atoms with E-state index < -0.39 is 65.2 Å². The van der Waals surface area contributed by atoms with Crippen molar-refractivity contribution in [1.29, 1.82) is 10.5 Å². The number of aliphatic hydroxyl groups excluding tert-OH is 1. The predicted octanol–water partition coefficient (Wildman–Crippen LogP) is 7.66. The van der Waals surface area contributed by atoms with Gasteiger partial charge in [0.25, 0.3) is 17.7 Å². The van der Waals surface area contributed by atoms with E-state index in [0.717, 1.165) is 38.8 Å². The molecule has 6 heterocycles.